The molecule has 2 N–H and O–H groups in total. The molecule has 8 nitrogen and oxygen atoms in total. The van der Waals surface area contributed by atoms with E-state index in [2.05, 4.69) is 20.4 Å². The first-order chi connectivity index (χ1) is 16.8. The number of benzene rings is 2. The minimum Gasteiger partial charge on any atom is -0.353 e. The van der Waals surface area contributed by atoms with E-state index in [1.54, 1.807) is 0 Å². The van der Waals surface area contributed by atoms with E-state index in [9.17, 15) is 14.4 Å². The fourth-order valence-corrected chi connectivity index (χ4v) is 4.85. The summed E-state index contributed by atoms with van der Waals surface area (Å²) in [5, 5.41) is 5.97. The van der Waals surface area contributed by atoms with Gasteiger partial charge in [-0.15, -0.1) is 0 Å². The lowest BCUT2D eigenvalue weighted by Crippen LogP contribution is -2.54. The van der Waals surface area contributed by atoms with Crippen LogP contribution in [0.2, 0.25) is 0 Å². The summed E-state index contributed by atoms with van der Waals surface area (Å²) in [5.74, 6) is -0.164. The fraction of sp³-hybridized carbons (Fsp3) is 0.444. The van der Waals surface area contributed by atoms with Crippen molar-refractivity contribution in [2.45, 2.75) is 38.3 Å². The quantitative estimate of drug-likeness (QED) is 0.539. The van der Waals surface area contributed by atoms with E-state index in [1.807, 2.05) is 74.5 Å². The molecule has 2 fully saturated rings. The number of nitrogens with zero attached hydrogens (tertiary/aromatic N) is 3. The summed E-state index contributed by atoms with van der Waals surface area (Å²) in [6.45, 7) is 7.33. The number of carbonyl (C=O) groups excluding carboxylic acids is 3. The maximum atomic E-state index is 13.8. The molecule has 2 aromatic carbocycles. The maximum absolute atomic E-state index is 13.8. The van der Waals surface area contributed by atoms with E-state index in [-0.39, 0.29) is 30.6 Å². The second kappa shape index (κ2) is 11.0. The van der Waals surface area contributed by atoms with Crippen LogP contribution < -0.4 is 10.6 Å². The molecule has 4 amide bonds. The lowest BCUT2D eigenvalue weighted by atomic mass is 9.84. The molecule has 0 saturated carbocycles. The molecular formula is C27H35N5O3. The van der Waals surface area contributed by atoms with Crippen LogP contribution in [0.3, 0.4) is 0 Å². The summed E-state index contributed by atoms with van der Waals surface area (Å²) < 4.78 is 0. The third-order valence-electron chi connectivity index (χ3n) is 6.57. The number of piperazine rings is 1. The number of nitrogens with one attached hydrogen (secondary N) is 2. The highest BCUT2D eigenvalue weighted by Crippen LogP contribution is 2.27. The Bertz CT molecular complexity index is 978. The molecule has 186 valence electrons. The highest BCUT2D eigenvalue weighted by Gasteiger charge is 2.51. The zero-order chi connectivity index (χ0) is 24.8. The summed E-state index contributed by atoms with van der Waals surface area (Å²) in [6, 6.07) is 19.4. The Morgan fingerprint density at radius 2 is 1.40 bits per heavy atom. The molecule has 0 spiro atoms. The van der Waals surface area contributed by atoms with Crippen LogP contribution in [0.25, 0.3) is 0 Å². The van der Waals surface area contributed by atoms with Crippen LogP contribution in [0, 0.1) is 0 Å². The number of urea groups is 1. The second-order valence-corrected chi connectivity index (χ2v) is 9.83. The monoisotopic (exact) mass is 477 g/mol. The van der Waals surface area contributed by atoms with E-state index in [0.717, 1.165) is 11.1 Å². The molecule has 2 saturated heterocycles. The Morgan fingerprint density at radius 1 is 0.886 bits per heavy atom. The Balaban J connectivity index is 1.42. The number of rotatable bonds is 9. The zero-order valence-corrected chi connectivity index (χ0v) is 20.6. The molecule has 0 aromatic heterocycles. The van der Waals surface area contributed by atoms with Gasteiger partial charge in [-0.05, 0) is 25.0 Å². The topological polar surface area (TPSA) is 85.0 Å². The van der Waals surface area contributed by atoms with Gasteiger partial charge in [0.05, 0.1) is 13.2 Å². The standard InChI is InChI=1S/C27H35N5O3/c1-21(2)28-24(33)19-30-13-15-31(16-14-30)20-32-25(34)27(29-26(32)35,17-22-9-5-3-6-10-22)18-23-11-7-4-8-12-23/h3-12,21H,13-20H2,1-2H3,(H,28,33)(H,29,35). The third kappa shape index (κ3) is 6.26. The van der Waals surface area contributed by atoms with Crippen molar-refractivity contribution in [2.75, 3.05) is 39.4 Å². The van der Waals surface area contributed by atoms with Gasteiger partial charge in [-0.2, -0.15) is 0 Å². The van der Waals surface area contributed by atoms with Gasteiger partial charge in [-0.1, -0.05) is 60.7 Å². The van der Waals surface area contributed by atoms with Crippen molar-refractivity contribution in [3.05, 3.63) is 71.8 Å². The molecule has 8 heteroatoms. The molecule has 0 unspecified atom stereocenters. The van der Waals surface area contributed by atoms with Crippen LogP contribution >= 0.6 is 0 Å². The van der Waals surface area contributed by atoms with Crippen molar-refractivity contribution in [3.8, 4) is 0 Å². The molecular weight excluding hydrogens is 442 g/mol. The van der Waals surface area contributed by atoms with Crippen LogP contribution in [0.15, 0.2) is 60.7 Å². The van der Waals surface area contributed by atoms with Gasteiger partial charge >= 0.3 is 6.03 Å². The van der Waals surface area contributed by atoms with Gasteiger partial charge in [0.1, 0.15) is 5.54 Å². The molecule has 2 aliphatic rings. The van der Waals surface area contributed by atoms with Gasteiger partial charge in [-0.25, -0.2) is 9.69 Å². The Kier molecular flexibility index (Phi) is 7.83. The highest BCUT2D eigenvalue weighted by molar-refractivity contribution is 6.07. The normalized spacial score (nSPS) is 18.7. The molecule has 4 rings (SSSR count). The van der Waals surface area contributed by atoms with Gasteiger partial charge in [-0.3, -0.25) is 19.4 Å². The van der Waals surface area contributed by atoms with E-state index in [4.69, 9.17) is 0 Å². The fourth-order valence-electron chi connectivity index (χ4n) is 4.85. The van der Waals surface area contributed by atoms with E-state index in [1.165, 1.54) is 4.90 Å². The lowest BCUT2D eigenvalue weighted by molar-refractivity contribution is -0.133. The van der Waals surface area contributed by atoms with E-state index in [0.29, 0.717) is 45.6 Å². The average molecular weight is 478 g/mol. The summed E-state index contributed by atoms with van der Waals surface area (Å²) >= 11 is 0. The van der Waals surface area contributed by atoms with E-state index >= 15 is 0 Å². The number of imide groups is 1. The van der Waals surface area contributed by atoms with Crippen LogP contribution in [-0.2, 0) is 22.4 Å². The molecule has 2 aliphatic heterocycles. The molecule has 0 bridgehead atoms. The zero-order valence-electron chi connectivity index (χ0n) is 20.6. The predicted molar refractivity (Wildman–Crippen MR) is 135 cm³/mol. The minimum atomic E-state index is -1.02. The number of amides is 4. The first-order valence-electron chi connectivity index (χ1n) is 12.3. The third-order valence-corrected chi connectivity index (χ3v) is 6.57. The first-order valence-corrected chi connectivity index (χ1v) is 12.3. The van der Waals surface area contributed by atoms with Crippen molar-refractivity contribution in [3.63, 3.8) is 0 Å². The van der Waals surface area contributed by atoms with Gasteiger partial charge in [0.15, 0.2) is 0 Å². The largest absolute Gasteiger partial charge is 0.353 e. The van der Waals surface area contributed by atoms with Crippen molar-refractivity contribution in [2.24, 2.45) is 0 Å². The molecule has 2 heterocycles. The van der Waals surface area contributed by atoms with Gasteiger partial charge < -0.3 is 10.6 Å². The second-order valence-electron chi connectivity index (χ2n) is 9.83. The molecule has 0 aliphatic carbocycles. The SMILES string of the molecule is CC(C)NC(=O)CN1CCN(CN2C(=O)NC(Cc3ccccc3)(Cc3ccccc3)C2=O)CC1. The summed E-state index contributed by atoms with van der Waals surface area (Å²) in [4.78, 5) is 44.5. The van der Waals surface area contributed by atoms with E-state index < -0.39 is 5.54 Å². The van der Waals surface area contributed by atoms with Crippen LogP contribution in [0.5, 0.6) is 0 Å². The highest BCUT2D eigenvalue weighted by atomic mass is 16.2. The van der Waals surface area contributed by atoms with Crippen molar-refractivity contribution in [1.29, 1.82) is 0 Å². The molecule has 0 radical (unpaired) electrons. The van der Waals surface area contributed by atoms with Crippen LogP contribution in [-0.4, -0.2) is 83.5 Å². The number of hydrogen-bond donors (Lipinski definition) is 2. The molecule has 0 atom stereocenters. The number of carbonyl (C=O) groups is 3. The summed E-state index contributed by atoms with van der Waals surface area (Å²) in [5.41, 5.74) is 0.996. The minimum absolute atomic E-state index is 0.0224. The van der Waals surface area contributed by atoms with Crippen molar-refractivity contribution >= 4 is 17.8 Å². The van der Waals surface area contributed by atoms with Gasteiger partial charge in [0.25, 0.3) is 5.91 Å². The first kappa shape index (κ1) is 24.9. The molecule has 35 heavy (non-hydrogen) atoms. The van der Waals surface area contributed by atoms with Gasteiger partial charge in [0, 0.05) is 45.1 Å². The Labute approximate surface area is 207 Å². The number of hydrogen-bond acceptors (Lipinski definition) is 5. The average Bonchev–Trinajstić information content (AvgIpc) is 3.05. The van der Waals surface area contributed by atoms with Crippen LogP contribution in [0.1, 0.15) is 25.0 Å². The Hall–Kier alpha value is -3.23. The van der Waals surface area contributed by atoms with Crippen molar-refractivity contribution < 1.29 is 14.4 Å². The van der Waals surface area contributed by atoms with Crippen molar-refractivity contribution in [1.82, 2.24) is 25.3 Å². The predicted octanol–water partition coefficient (Wildman–Crippen LogP) is 1.86. The molecule has 2 aromatic rings. The van der Waals surface area contributed by atoms with Crippen LogP contribution in [0.4, 0.5) is 4.79 Å². The Morgan fingerprint density at radius 3 is 1.91 bits per heavy atom. The lowest BCUT2D eigenvalue weighted by Gasteiger charge is -2.36. The smallest absolute Gasteiger partial charge is 0.326 e. The summed E-state index contributed by atoms with van der Waals surface area (Å²) in [6.07, 6.45) is 0.866. The maximum Gasteiger partial charge on any atom is 0.326 e. The van der Waals surface area contributed by atoms with Gasteiger partial charge in [0.2, 0.25) is 5.91 Å². The summed E-state index contributed by atoms with van der Waals surface area (Å²) in [7, 11) is 0.